The lowest BCUT2D eigenvalue weighted by Gasteiger charge is -2.31. The first-order valence-corrected chi connectivity index (χ1v) is 10.2. The molecule has 0 unspecified atom stereocenters. The number of morpholine rings is 1. The molecule has 0 saturated carbocycles. The molecule has 1 aliphatic heterocycles. The van der Waals surface area contributed by atoms with Gasteiger partial charge in [0.2, 0.25) is 0 Å². The Morgan fingerprint density at radius 2 is 1.77 bits per heavy atom. The average Bonchev–Trinajstić information content (AvgIpc) is 3.29. The molecule has 7 heteroatoms. The number of nitrogens with zero attached hydrogens (tertiary/aromatic N) is 6. The Kier molecular flexibility index (Phi) is 5.03. The number of rotatable bonds is 5. The van der Waals surface area contributed by atoms with Crippen LogP contribution in [0.3, 0.4) is 0 Å². The molecule has 1 fully saturated rings. The van der Waals surface area contributed by atoms with Crippen LogP contribution in [0.4, 0.5) is 11.5 Å². The summed E-state index contributed by atoms with van der Waals surface area (Å²) in [5, 5.41) is 4.40. The number of benzene rings is 2. The van der Waals surface area contributed by atoms with Crippen LogP contribution in [0.2, 0.25) is 0 Å². The standard InChI is InChI=1S/C23H24N6O/c1-27(16-19-9-5-6-10-21(19)28-11-13-30-14-12-28)22-15-20(18-7-3-2-4-8-18)26-23-24-17-25-29(22)23/h2-10,15,17H,11-14,16H2,1H3. The van der Waals surface area contributed by atoms with Gasteiger partial charge in [0.15, 0.2) is 0 Å². The fourth-order valence-electron chi connectivity index (χ4n) is 3.92. The van der Waals surface area contributed by atoms with Crippen molar-refractivity contribution in [3.8, 4) is 11.3 Å². The number of ether oxygens (including phenoxy) is 1. The maximum absolute atomic E-state index is 5.53. The molecule has 0 amide bonds. The van der Waals surface area contributed by atoms with Crippen LogP contribution in [0.15, 0.2) is 67.0 Å². The molecule has 0 bridgehead atoms. The van der Waals surface area contributed by atoms with Gasteiger partial charge in [-0.3, -0.25) is 0 Å². The molecule has 0 N–H and O–H groups in total. The molecule has 2 aromatic carbocycles. The van der Waals surface area contributed by atoms with E-state index in [4.69, 9.17) is 4.74 Å². The fourth-order valence-corrected chi connectivity index (χ4v) is 3.92. The van der Waals surface area contributed by atoms with Gasteiger partial charge in [0.05, 0.1) is 18.9 Å². The topological polar surface area (TPSA) is 58.8 Å². The predicted molar refractivity (Wildman–Crippen MR) is 118 cm³/mol. The molecule has 0 radical (unpaired) electrons. The largest absolute Gasteiger partial charge is 0.378 e. The van der Waals surface area contributed by atoms with Crippen LogP contribution in [0, 0.1) is 0 Å². The average molecular weight is 400 g/mol. The van der Waals surface area contributed by atoms with Crippen LogP contribution < -0.4 is 9.80 Å². The number of hydrogen-bond donors (Lipinski definition) is 0. The maximum Gasteiger partial charge on any atom is 0.254 e. The van der Waals surface area contributed by atoms with Gasteiger partial charge in [0.1, 0.15) is 12.1 Å². The third-order valence-corrected chi connectivity index (χ3v) is 5.44. The smallest absolute Gasteiger partial charge is 0.254 e. The highest BCUT2D eigenvalue weighted by molar-refractivity contribution is 5.66. The number of aromatic nitrogens is 4. The highest BCUT2D eigenvalue weighted by Crippen LogP contribution is 2.27. The highest BCUT2D eigenvalue weighted by Gasteiger charge is 2.17. The van der Waals surface area contributed by atoms with E-state index in [0.717, 1.165) is 49.9 Å². The van der Waals surface area contributed by atoms with Crippen molar-refractivity contribution in [2.75, 3.05) is 43.2 Å². The van der Waals surface area contributed by atoms with Crippen LogP contribution in [0.5, 0.6) is 0 Å². The summed E-state index contributed by atoms with van der Waals surface area (Å²) in [6.45, 7) is 4.13. The summed E-state index contributed by atoms with van der Waals surface area (Å²) in [7, 11) is 2.08. The molecule has 0 spiro atoms. The summed E-state index contributed by atoms with van der Waals surface area (Å²) in [6.07, 6.45) is 1.55. The molecule has 7 nitrogen and oxygen atoms in total. The third-order valence-electron chi connectivity index (χ3n) is 5.44. The number of hydrogen-bond acceptors (Lipinski definition) is 6. The van der Waals surface area contributed by atoms with Crippen LogP contribution in [0.25, 0.3) is 17.0 Å². The van der Waals surface area contributed by atoms with Crippen molar-refractivity contribution in [3.05, 3.63) is 72.6 Å². The van der Waals surface area contributed by atoms with Gasteiger partial charge >= 0.3 is 0 Å². The first kappa shape index (κ1) is 18.6. The van der Waals surface area contributed by atoms with Gasteiger partial charge < -0.3 is 14.5 Å². The van der Waals surface area contributed by atoms with Gasteiger partial charge in [0.25, 0.3) is 5.78 Å². The molecule has 1 aliphatic rings. The Morgan fingerprint density at radius 1 is 1.00 bits per heavy atom. The third kappa shape index (κ3) is 3.59. The molecule has 0 atom stereocenters. The van der Waals surface area contributed by atoms with Gasteiger partial charge in [-0.2, -0.15) is 14.6 Å². The van der Waals surface area contributed by atoms with Crippen molar-refractivity contribution >= 4 is 17.3 Å². The summed E-state index contributed by atoms with van der Waals surface area (Å²) >= 11 is 0. The molecule has 5 rings (SSSR count). The first-order chi connectivity index (χ1) is 14.8. The fraction of sp³-hybridized carbons (Fsp3) is 0.261. The van der Waals surface area contributed by atoms with Gasteiger partial charge in [-0.25, -0.2) is 4.98 Å². The molecule has 1 saturated heterocycles. The molecule has 4 aromatic rings. The molecule has 2 aromatic heterocycles. The molecule has 3 heterocycles. The van der Waals surface area contributed by atoms with E-state index in [9.17, 15) is 0 Å². The Morgan fingerprint density at radius 3 is 2.60 bits per heavy atom. The van der Waals surface area contributed by atoms with E-state index in [1.54, 1.807) is 10.8 Å². The maximum atomic E-state index is 5.53. The van der Waals surface area contributed by atoms with Crippen molar-refractivity contribution in [1.29, 1.82) is 0 Å². The van der Waals surface area contributed by atoms with Crippen molar-refractivity contribution in [2.45, 2.75) is 6.54 Å². The minimum absolute atomic E-state index is 0.597. The van der Waals surface area contributed by atoms with E-state index in [-0.39, 0.29) is 0 Å². The van der Waals surface area contributed by atoms with E-state index < -0.39 is 0 Å². The Labute approximate surface area is 175 Å². The lowest BCUT2D eigenvalue weighted by molar-refractivity contribution is 0.122. The Hall–Kier alpha value is -3.45. The van der Waals surface area contributed by atoms with Gasteiger partial charge in [-0.15, -0.1) is 0 Å². The number of anilines is 2. The van der Waals surface area contributed by atoms with E-state index >= 15 is 0 Å². The molecular formula is C23H24N6O. The first-order valence-electron chi connectivity index (χ1n) is 10.2. The highest BCUT2D eigenvalue weighted by atomic mass is 16.5. The van der Waals surface area contributed by atoms with E-state index in [1.165, 1.54) is 11.3 Å². The van der Waals surface area contributed by atoms with Gasteiger partial charge in [-0.05, 0) is 11.6 Å². The van der Waals surface area contributed by atoms with E-state index in [2.05, 4.69) is 74.4 Å². The van der Waals surface area contributed by atoms with Crippen LogP contribution in [-0.4, -0.2) is 52.9 Å². The Balaban J connectivity index is 1.50. The number of fused-ring (bicyclic) bond motifs is 1. The summed E-state index contributed by atoms with van der Waals surface area (Å²) in [4.78, 5) is 13.6. The SMILES string of the molecule is CN(Cc1ccccc1N1CCOCC1)c1cc(-c2ccccc2)nc2ncnn12. The summed E-state index contributed by atoms with van der Waals surface area (Å²) < 4.78 is 7.32. The van der Waals surface area contributed by atoms with Crippen molar-refractivity contribution in [3.63, 3.8) is 0 Å². The van der Waals surface area contributed by atoms with Crippen molar-refractivity contribution < 1.29 is 4.74 Å². The number of para-hydroxylation sites is 1. The monoisotopic (exact) mass is 400 g/mol. The molecule has 0 aliphatic carbocycles. The zero-order valence-corrected chi connectivity index (χ0v) is 17.0. The van der Waals surface area contributed by atoms with Crippen LogP contribution >= 0.6 is 0 Å². The van der Waals surface area contributed by atoms with Crippen molar-refractivity contribution in [1.82, 2.24) is 19.6 Å². The zero-order valence-electron chi connectivity index (χ0n) is 17.0. The second-order valence-corrected chi connectivity index (χ2v) is 7.42. The molecule has 152 valence electrons. The lowest BCUT2D eigenvalue weighted by atomic mass is 10.1. The van der Waals surface area contributed by atoms with E-state index in [1.807, 2.05) is 18.2 Å². The predicted octanol–water partition coefficient (Wildman–Crippen LogP) is 3.26. The lowest BCUT2D eigenvalue weighted by Crippen LogP contribution is -2.37. The summed E-state index contributed by atoms with van der Waals surface area (Å²) in [6, 6.07) is 20.8. The second kappa shape index (κ2) is 8.12. The molecular weight excluding hydrogens is 376 g/mol. The summed E-state index contributed by atoms with van der Waals surface area (Å²) in [5.41, 5.74) is 4.49. The minimum Gasteiger partial charge on any atom is -0.378 e. The minimum atomic E-state index is 0.597. The Bertz CT molecular complexity index is 1140. The van der Waals surface area contributed by atoms with Crippen molar-refractivity contribution in [2.24, 2.45) is 0 Å². The zero-order chi connectivity index (χ0) is 20.3. The van der Waals surface area contributed by atoms with Gasteiger partial charge in [-0.1, -0.05) is 48.5 Å². The second-order valence-electron chi connectivity index (χ2n) is 7.42. The van der Waals surface area contributed by atoms with Crippen LogP contribution in [-0.2, 0) is 11.3 Å². The van der Waals surface area contributed by atoms with Crippen LogP contribution in [0.1, 0.15) is 5.56 Å². The van der Waals surface area contributed by atoms with E-state index in [0.29, 0.717) is 5.78 Å². The quantitative estimate of drug-likeness (QED) is 0.513. The summed E-state index contributed by atoms with van der Waals surface area (Å²) in [5.74, 6) is 1.55. The normalized spacial score (nSPS) is 14.2. The molecule has 30 heavy (non-hydrogen) atoms. The van der Waals surface area contributed by atoms with Gasteiger partial charge in [0, 0.05) is 44.0 Å².